The highest BCUT2D eigenvalue weighted by atomic mass is 16.6. The minimum Gasteiger partial charge on any atom is -0.497 e. The van der Waals surface area contributed by atoms with Gasteiger partial charge in [0, 0.05) is 11.6 Å². The molecule has 76 valence electrons. The molecule has 0 aliphatic carbocycles. The van der Waals surface area contributed by atoms with E-state index >= 15 is 0 Å². The van der Waals surface area contributed by atoms with Crippen molar-refractivity contribution in [1.82, 2.24) is 4.98 Å². The van der Waals surface area contributed by atoms with Crippen LogP contribution >= 0.6 is 0 Å². The minimum atomic E-state index is 0.181. The van der Waals surface area contributed by atoms with Gasteiger partial charge in [0.05, 0.1) is 19.4 Å². The van der Waals surface area contributed by atoms with Gasteiger partial charge in [-0.2, -0.15) is 0 Å². The van der Waals surface area contributed by atoms with E-state index in [1.54, 1.807) is 7.11 Å². The van der Waals surface area contributed by atoms with Crippen molar-refractivity contribution in [1.29, 1.82) is 0 Å². The van der Waals surface area contributed by atoms with Crippen LogP contribution in [0.5, 0.6) is 5.75 Å². The Hall–Kier alpha value is -1.61. The average molecular weight is 201 g/mol. The zero-order chi connectivity index (χ0) is 10.3. The number of epoxide rings is 1. The monoisotopic (exact) mass is 201 g/mol. The summed E-state index contributed by atoms with van der Waals surface area (Å²) in [4.78, 5) is 4.36. The lowest BCUT2D eigenvalue weighted by Gasteiger charge is -2.05. The fourth-order valence-corrected chi connectivity index (χ4v) is 1.76. The molecule has 1 aliphatic rings. The van der Waals surface area contributed by atoms with Crippen molar-refractivity contribution >= 4 is 10.8 Å². The predicted molar refractivity (Wildman–Crippen MR) is 57.0 cm³/mol. The van der Waals surface area contributed by atoms with Crippen molar-refractivity contribution in [3.63, 3.8) is 0 Å². The van der Waals surface area contributed by atoms with Gasteiger partial charge in [-0.1, -0.05) is 6.07 Å². The predicted octanol–water partition coefficient (Wildman–Crippen LogP) is 2.31. The van der Waals surface area contributed by atoms with Crippen LogP contribution in [0.15, 0.2) is 30.5 Å². The van der Waals surface area contributed by atoms with Crippen LogP contribution in [0.4, 0.5) is 0 Å². The van der Waals surface area contributed by atoms with Crippen molar-refractivity contribution in [2.75, 3.05) is 13.7 Å². The number of pyridine rings is 1. The second kappa shape index (κ2) is 3.21. The number of nitrogens with zero attached hydrogens (tertiary/aromatic N) is 1. The highest BCUT2D eigenvalue weighted by Crippen LogP contribution is 2.34. The number of benzene rings is 1. The lowest BCUT2D eigenvalue weighted by atomic mass is 10.1. The summed E-state index contributed by atoms with van der Waals surface area (Å²) in [6.45, 7) is 0.781. The standard InChI is InChI=1S/C12H11NO2/c1-14-9-3-2-8-4-5-13-12(10(8)6-9)11-7-15-11/h2-6,11H,7H2,1H3. The van der Waals surface area contributed by atoms with Crippen LogP contribution in [0.3, 0.4) is 0 Å². The first-order valence-electron chi connectivity index (χ1n) is 4.93. The SMILES string of the molecule is COc1ccc2ccnc(C3CO3)c2c1. The second-order valence-electron chi connectivity index (χ2n) is 3.61. The van der Waals surface area contributed by atoms with E-state index in [0.717, 1.165) is 23.4 Å². The Labute approximate surface area is 87.6 Å². The first-order chi connectivity index (χ1) is 7.38. The van der Waals surface area contributed by atoms with E-state index in [2.05, 4.69) is 4.98 Å². The number of fused-ring (bicyclic) bond motifs is 1. The Morgan fingerprint density at radius 2 is 2.27 bits per heavy atom. The second-order valence-corrected chi connectivity index (χ2v) is 3.61. The molecule has 2 heterocycles. The van der Waals surface area contributed by atoms with Gasteiger partial charge in [0.1, 0.15) is 11.9 Å². The highest BCUT2D eigenvalue weighted by molar-refractivity contribution is 5.86. The Balaban J connectivity index is 2.25. The van der Waals surface area contributed by atoms with Crippen molar-refractivity contribution in [2.24, 2.45) is 0 Å². The first kappa shape index (κ1) is 8.68. The van der Waals surface area contributed by atoms with Gasteiger partial charge in [0.15, 0.2) is 0 Å². The first-order valence-corrected chi connectivity index (χ1v) is 4.93. The topological polar surface area (TPSA) is 34.6 Å². The molecule has 1 unspecified atom stereocenters. The molecule has 1 aromatic heterocycles. The molecular formula is C12H11NO2. The third kappa shape index (κ3) is 1.45. The van der Waals surface area contributed by atoms with Crippen LogP contribution in [-0.4, -0.2) is 18.7 Å². The molecule has 1 saturated heterocycles. The Morgan fingerprint density at radius 1 is 1.40 bits per heavy atom. The summed E-state index contributed by atoms with van der Waals surface area (Å²) in [7, 11) is 1.67. The summed E-state index contributed by atoms with van der Waals surface area (Å²) in [6.07, 6.45) is 2.01. The molecule has 1 aliphatic heterocycles. The molecule has 0 spiro atoms. The number of aromatic nitrogens is 1. The van der Waals surface area contributed by atoms with E-state index in [1.165, 1.54) is 5.39 Å². The van der Waals surface area contributed by atoms with Gasteiger partial charge in [0.25, 0.3) is 0 Å². The summed E-state index contributed by atoms with van der Waals surface area (Å²) in [5.74, 6) is 0.859. The molecule has 1 fully saturated rings. The van der Waals surface area contributed by atoms with Gasteiger partial charge in [0.2, 0.25) is 0 Å². The zero-order valence-corrected chi connectivity index (χ0v) is 8.43. The Morgan fingerprint density at radius 3 is 3.00 bits per heavy atom. The van der Waals surface area contributed by atoms with E-state index < -0.39 is 0 Å². The lowest BCUT2D eigenvalue weighted by Crippen LogP contribution is -1.90. The van der Waals surface area contributed by atoms with Gasteiger partial charge >= 0.3 is 0 Å². The number of rotatable bonds is 2. The van der Waals surface area contributed by atoms with E-state index in [0.29, 0.717) is 0 Å². The lowest BCUT2D eigenvalue weighted by molar-refractivity contribution is 0.411. The van der Waals surface area contributed by atoms with Crippen molar-refractivity contribution < 1.29 is 9.47 Å². The Kier molecular flexibility index (Phi) is 1.86. The number of hydrogen-bond acceptors (Lipinski definition) is 3. The molecule has 0 bridgehead atoms. The Bertz CT molecular complexity index is 506. The van der Waals surface area contributed by atoms with Crippen molar-refractivity contribution in [3.05, 3.63) is 36.2 Å². The molecule has 3 rings (SSSR count). The zero-order valence-electron chi connectivity index (χ0n) is 8.43. The van der Waals surface area contributed by atoms with E-state index in [1.807, 2.05) is 30.5 Å². The van der Waals surface area contributed by atoms with Crippen LogP contribution in [0.2, 0.25) is 0 Å². The van der Waals surface area contributed by atoms with E-state index in [9.17, 15) is 0 Å². The summed E-state index contributed by atoms with van der Waals surface area (Å²) < 4.78 is 10.5. The van der Waals surface area contributed by atoms with Gasteiger partial charge in [-0.3, -0.25) is 4.98 Å². The molecule has 0 N–H and O–H groups in total. The molecule has 3 heteroatoms. The van der Waals surface area contributed by atoms with E-state index in [-0.39, 0.29) is 6.10 Å². The molecule has 1 atom stereocenters. The molecule has 2 aromatic rings. The smallest absolute Gasteiger partial charge is 0.123 e. The fourth-order valence-electron chi connectivity index (χ4n) is 1.76. The molecule has 3 nitrogen and oxygen atoms in total. The maximum absolute atomic E-state index is 5.27. The summed E-state index contributed by atoms with van der Waals surface area (Å²) in [5, 5.41) is 2.30. The van der Waals surface area contributed by atoms with Crippen molar-refractivity contribution in [2.45, 2.75) is 6.10 Å². The summed E-state index contributed by atoms with van der Waals surface area (Å²) >= 11 is 0. The van der Waals surface area contributed by atoms with Gasteiger partial charge in [-0.25, -0.2) is 0 Å². The van der Waals surface area contributed by atoms with Crippen LogP contribution in [-0.2, 0) is 4.74 Å². The number of methoxy groups -OCH3 is 1. The number of hydrogen-bond donors (Lipinski definition) is 0. The quantitative estimate of drug-likeness (QED) is 0.699. The fraction of sp³-hybridized carbons (Fsp3) is 0.250. The largest absolute Gasteiger partial charge is 0.497 e. The summed E-state index contributed by atoms with van der Waals surface area (Å²) in [6, 6.07) is 8.02. The molecule has 1 aromatic carbocycles. The van der Waals surface area contributed by atoms with Crippen LogP contribution < -0.4 is 4.74 Å². The minimum absolute atomic E-state index is 0.181. The maximum atomic E-state index is 5.27. The van der Waals surface area contributed by atoms with Gasteiger partial charge < -0.3 is 9.47 Å². The molecule has 15 heavy (non-hydrogen) atoms. The normalized spacial score (nSPS) is 19.1. The van der Waals surface area contributed by atoms with Gasteiger partial charge in [-0.05, 0) is 23.6 Å². The maximum Gasteiger partial charge on any atom is 0.123 e. The summed E-state index contributed by atoms with van der Waals surface area (Å²) in [5.41, 5.74) is 1.02. The van der Waals surface area contributed by atoms with Crippen LogP contribution in [0.1, 0.15) is 11.8 Å². The highest BCUT2D eigenvalue weighted by Gasteiger charge is 2.28. The van der Waals surface area contributed by atoms with E-state index in [4.69, 9.17) is 9.47 Å². The average Bonchev–Trinajstić information content (AvgIpc) is 3.11. The molecule has 0 amide bonds. The molecule has 0 radical (unpaired) electrons. The number of ether oxygens (including phenoxy) is 2. The van der Waals surface area contributed by atoms with Gasteiger partial charge in [-0.15, -0.1) is 0 Å². The van der Waals surface area contributed by atoms with Crippen molar-refractivity contribution in [3.8, 4) is 5.75 Å². The van der Waals surface area contributed by atoms with Crippen LogP contribution in [0, 0.1) is 0 Å². The third-order valence-corrected chi connectivity index (χ3v) is 2.64. The molecular weight excluding hydrogens is 190 g/mol. The third-order valence-electron chi connectivity index (χ3n) is 2.64. The molecule has 0 saturated carbocycles. The van der Waals surface area contributed by atoms with Crippen LogP contribution in [0.25, 0.3) is 10.8 Å².